The number of benzene rings is 1. The van der Waals surface area contributed by atoms with Gasteiger partial charge in [-0.15, -0.1) is 0 Å². The van der Waals surface area contributed by atoms with Crippen molar-refractivity contribution < 1.29 is 22.7 Å². The minimum Gasteiger partial charge on any atom is -0.484 e. The Kier molecular flexibility index (Phi) is 5.83. The van der Waals surface area contributed by atoms with Gasteiger partial charge in [-0.2, -0.15) is 13.2 Å². The van der Waals surface area contributed by atoms with Gasteiger partial charge in [0.1, 0.15) is 11.6 Å². The van der Waals surface area contributed by atoms with E-state index in [0.29, 0.717) is 6.54 Å². The number of rotatable bonds is 6. The van der Waals surface area contributed by atoms with E-state index < -0.39 is 17.6 Å². The van der Waals surface area contributed by atoms with Crippen LogP contribution in [-0.2, 0) is 17.5 Å². The maximum atomic E-state index is 12.7. The first-order valence-electron chi connectivity index (χ1n) is 8.68. The Bertz CT molecular complexity index is 790. The zero-order chi connectivity index (χ0) is 19.3. The number of nitrogens with zero attached hydrogens (tertiary/aromatic N) is 2. The van der Waals surface area contributed by atoms with E-state index in [2.05, 4.69) is 15.2 Å². The number of nitrogens with one attached hydrogen (secondary N) is 1. The van der Waals surface area contributed by atoms with Gasteiger partial charge in [0.2, 0.25) is 0 Å². The Hall–Kier alpha value is -2.77. The third-order valence-corrected chi connectivity index (χ3v) is 4.26. The van der Waals surface area contributed by atoms with Crippen LogP contribution in [-0.4, -0.2) is 30.6 Å². The fourth-order valence-corrected chi connectivity index (χ4v) is 2.85. The van der Waals surface area contributed by atoms with E-state index in [1.165, 1.54) is 12.1 Å². The van der Waals surface area contributed by atoms with E-state index in [4.69, 9.17) is 4.74 Å². The molecule has 0 bridgehead atoms. The molecule has 1 N–H and O–H groups in total. The summed E-state index contributed by atoms with van der Waals surface area (Å²) in [7, 11) is 0. The van der Waals surface area contributed by atoms with Crippen LogP contribution in [0.25, 0.3) is 0 Å². The van der Waals surface area contributed by atoms with Crippen molar-refractivity contribution in [2.75, 3.05) is 24.6 Å². The average molecular weight is 379 g/mol. The van der Waals surface area contributed by atoms with E-state index in [0.717, 1.165) is 49.4 Å². The van der Waals surface area contributed by atoms with Crippen molar-refractivity contribution in [3.05, 3.63) is 53.7 Å². The first kappa shape index (κ1) is 19.0. The molecule has 2 heterocycles. The number of aromatic nitrogens is 1. The minimum absolute atomic E-state index is 0.000191. The van der Waals surface area contributed by atoms with E-state index in [1.807, 2.05) is 12.1 Å². The second-order valence-electron chi connectivity index (χ2n) is 6.31. The number of amides is 1. The molecule has 3 rings (SSSR count). The summed E-state index contributed by atoms with van der Waals surface area (Å²) in [4.78, 5) is 18.5. The Labute approximate surface area is 155 Å². The monoisotopic (exact) mass is 379 g/mol. The zero-order valence-electron chi connectivity index (χ0n) is 14.6. The van der Waals surface area contributed by atoms with Crippen LogP contribution in [0.4, 0.5) is 19.0 Å². The highest BCUT2D eigenvalue weighted by Crippen LogP contribution is 2.31. The molecule has 0 spiro atoms. The molecule has 1 aliphatic rings. The van der Waals surface area contributed by atoms with Gasteiger partial charge in [-0.3, -0.25) is 4.79 Å². The molecule has 1 amide bonds. The standard InChI is InChI=1S/C19H20F3N3O2/c20-19(21,22)15-4-3-5-16(11-15)27-13-18(26)24-12-14-6-7-23-17(10-14)25-8-1-2-9-25/h3-7,10-11H,1-2,8-9,12-13H2,(H,24,26). The number of carbonyl (C=O) groups excluding carboxylic acids is 1. The third kappa shape index (κ3) is 5.35. The van der Waals surface area contributed by atoms with Gasteiger partial charge in [-0.1, -0.05) is 6.07 Å². The molecule has 0 radical (unpaired) electrons. The molecule has 1 fully saturated rings. The van der Waals surface area contributed by atoms with Crippen LogP contribution in [0.15, 0.2) is 42.6 Å². The van der Waals surface area contributed by atoms with E-state index in [9.17, 15) is 18.0 Å². The lowest BCUT2D eigenvalue weighted by Gasteiger charge is -2.17. The topological polar surface area (TPSA) is 54.5 Å². The van der Waals surface area contributed by atoms with Crippen molar-refractivity contribution in [1.82, 2.24) is 10.3 Å². The lowest BCUT2D eigenvalue weighted by Crippen LogP contribution is -2.28. The fourth-order valence-electron chi connectivity index (χ4n) is 2.85. The summed E-state index contributed by atoms with van der Waals surface area (Å²) >= 11 is 0. The maximum absolute atomic E-state index is 12.7. The van der Waals surface area contributed by atoms with Crippen molar-refractivity contribution in [2.45, 2.75) is 25.6 Å². The number of halogens is 3. The quantitative estimate of drug-likeness (QED) is 0.836. The molecule has 0 aliphatic carbocycles. The molecule has 1 saturated heterocycles. The van der Waals surface area contributed by atoms with Crippen molar-refractivity contribution in [2.24, 2.45) is 0 Å². The summed E-state index contributed by atoms with van der Waals surface area (Å²) in [5, 5.41) is 2.70. The summed E-state index contributed by atoms with van der Waals surface area (Å²) in [6, 6.07) is 8.19. The predicted octanol–water partition coefficient (Wildman–Crippen LogP) is 3.40. The maximum Gasteiger partial charge on any atom is 0.416 e. The van der Waals surface area contributed by atoms with E-state index in [1.54, 1.807) is 6.20 Å². The molecule has 2 aromatic rings. The lowest BCUT2D eigenvalue weighted by molar-refractivity contribution is -0.137. The Balaban J connectivity index is 1.49. The van der Waals surface area contributed by atoms with Crippen LogP contribution in [0.1, 0.15) is 24.0 Å². The largest absolute Gasteiger partial charge is 0.484 e. The van der Waals surface area contributed by atoms with Crippen molar-refractivity contribution in [3.8, 4) is 5.75 Å². The number of anilines is 1. The number of ether oxygens (including phenoxy) is 1. The van der Waals surface area contributed by atoms with Crippen LogP contribution < -0.4 is 15.0 Å². The molecule has 0 saturated carbocycles. The van der Waals surface area contributed by atoms with Gasteiger partial charge in [-0.25, -0.2) is 4.98 Å². The smallest absolute Gasteiger partial charge is 0.416 e. The molecule has 0 atom stereocenters. The van der Waals surface area contributed by atoms with Gasteiger partial charge in [-0.05, 0) is 48.7 Å². The second-order valence-corrected chi connectivity index (χ2v) is 6.31. The molecule has 8 heteroatoms. The number of hydrogen-bond acceptors (Lipinski definition) is 4. The van der Waals surface area contributed by atoms with Crippen LogP contribution >= 0.6 is 0 Å². The molecule has 144 valence electrons. The van der Waals surface area contributed by atoms with Crippen LogP contribution in [0.3, 0.4) is 0 Å². The summed E-state index contributed by atoms with van der Waals surface area (Å²) in [5.74, 6) is 0.478. The Morgan fingerprint density at radius 3 is 2.70 bits per heavy atom. The molecular weight excluding hydrogens is 359 g/mol. The predicted molar refractivity (Wildman–Crippen MR) is 94.5 cm³/mol. The van der Waals surface area contributed by atoms with Gasteiger partial charge >= 0.3 is 6.18 Å². The zero-order valence-corrected chi connectivity index (χ0v) is 14.6. The van der Waals surface area contributed by atoms with Crippen molar-refractivity contribution in [3.63, 3.8) is 0 Å². The first-order chi connectivity index (χ1) is 12.9. The van der Waals surface area contributed by atoms with Crippen LogP contribution in [0, 0.1) is 0 Å². The highest BCUT2D eigenvalue weighted by molar-refractivity contribution is 5.77. The van der Waals surface area contributed by atoms with E-state index >= 15 is 0 Å². The highest BCUT2D eigenvalue weighted by atomic mass is 19.4. The fraction of sp³-hybridized carbons (Fsp3) is 0.368. The van der Waals surface area contributed by atoms with Crippen molar-refractivity contribution in [1.29, 1.82) is 0 Å². The van der Waals surface area contributed by atoms with Crippen molar-refractivity contribution >= 4 is 11.7 Å². The normalized spacial score (nSPS) is 14.3. The summed E-state index contributed by atoms with van der Waals surface area (Å²) < 4.78 is 43.2. The molecule has 0 unspecified atom stereocenters. The van der Waals surface area contributed by atoms with Gasteiger partial charge < -0.3 is 15.0 Å². The lowest BCUT2D eigenvalue weighted by atomic mass is 10.2. The second kappa shape index (κ2) is 8.28. The number of alkyl halides is 3. The summed E-state index contributed by atoms with van der Waals surface area (Å²) in [6.07, 6.45) is -0.449. The number of carbonyl (C=O) groups is 1. The summed E-state index contributed by atoms with van der Waals surface area (Å²) in [5.41, 5.74) is 0.0888. The van der Waals surface area contributed by atoms with Gasteiger partial charge in [0.25, 0.3) is 5.91 Å². The van der Waals surface area contributed by atoms with Gasteiger partial charge in [0.15, 0.2) is 6.61 Å². The molecule has 1 aliphatic heterocycles. The molecule has 27 heavy (non-hydrogen) atoms. The summed E-state index contributed by atoms with van der Waals surface area (Å²) in [6.45, 7) is 1.90. The molecule has 1 aromatic heterocycles. The Morgan fingerprint density at radius 2 is 1.96 bits per heavy atom. The highest BCUT2D eigenvalue weighted by Gasteiger charge is 2.30. The molecular formula is C19H20F3N3O2. The van der Waals surface area contributed by atoms with Gasteiger partial charge in [0, 0.05) is 25.8 Å². The molecule has 5 nitrogen and oxygen atoms in total. The van der Waals surface area contributed by atoms with E-state index in [-0.39, 0.29) is 12.4 Å². The number of hydrogen-bond donors (Lipinski definition) is 1. The first-order valence-corrected chi connectivity index (χ1v) is 8.68. The minimum atomic E-state index is -4.45. The molecule has 1 aromatic carbocycles. The average Bonchev–Trinajstić information content (AvgIpc) is 3.19. The third-order valence-electron chi connectivity index (χ3n) is 4.26. The number of pyridine rings is 1. The SMILES string of the molecule is O=C(COc1cccc(C(F)(F)F)c1)NCc1ccnc(N2CCCC2)c1. The van der Waals surface area contributed by atoms with Gasteiger partial charge in [0.05, 0.1) is 5.56 Å². The Morgan fingerprint density at radius 1 is 1.19 bits per heavy atom. The van der Waals surface area contributed by atoms with Crippen LogP contribution in [0.2, 0.25) is 0 Å². The van der Waals surface area contributed by atoms with Crippen LogP contribution in [0.5, 0.6) is 5.75 Å².